The lowest BCUT2D eigenvalue weighted by Gasteiger charge is -2.19. The third-order valence-corrected chi connectivity index (χ3v) is 3.46. The van der Waals surface area contributed by atoms with Crippen LogP contribution in [-0.2, 0) is 7.05 Å². The van der Waals surface area contributed by atoms with Gasteiger partial charge in [-0.15, -0.1) is 0 Å². The Kier molecular flexibility index (Phi) is 5.39. The van der Waals surface area contributed by atoms with Gasteiger partial charge in [0.1, 0.15) is 5.75 Å². The van der Waals surface area contributed by atoms with E-state index in [0.717, 1.165) is 24.4 Å². The number of hydrogen-bond donors (Lipinski definition) is 1. The summed E-state index contributed by atoms with van der Waals surface area (Å²) in [5, 5.41) is 8.07. The number of nitrogens with one attached hydrogen (secondary N) is 1. The molecule has 1 unspecified atom stereocenters. The summed E-state index contributed by atoms with van der Waals surface area (Å²) in [4.78, 5) is 0. The fraction of sp³-hybridized carbons (Fsp3) is 0.471. The second-order valence-corrected chi connectivity index (χ2v) is 5.22. The summed E-state index contributed by atoms with van der Waals surface area (Å²) < 4.78 is 7.47. The van der Waals surface area contributed by atoms with Gasteiger partial charge in [0.15, 0.2) is 0 Å². The van der Waals surface area contributed by atoms with Crippen LogP contribution < -0.4 is 10.1 Å². The van der Waals surface area contributed by atoms with Gasteiger partial charge in [0.25, 0.3) is 0 Å². The maximum Gasteiger partial charge on any atom is 0.119 e. The van der Waals surface area contributed by atoms with Crippen LogP contribution in [0.3, 0.4) is 0 Å². The molecule has 0 fully saturated rings. The van der Waals surface area contributed by atoms with Crippen molar-refractivity contribution in [2.75, 3.05) is 13.2 Å². The second-order valence-electron chi connectivity index (χ2n) is 5.22. The molecule has 2 aromatic rings. The molecule has 114 valence electrons. The third kappa shape index (κ3) is 3.85. The molecule has 4 nitrogen and oxygen atoms in total. The molecule has 1 atom stereocenters. The first-order valence-electron chi connectivity index (χ1n) is 7.62. The summed E-state index contributed by atoms with van der Waals surface area (Å²) in [7, 11) is 2.00. The summed E-state index contributed by atoms with van der Waals surface area (Å²) >= 11 is 0. The first-order valence-corrected chi connectivity index (χ1v) is 7.62. The fourth-order valence-electron chi connectivity index (χ4n) is 2.51. The Hall–Kier alpha value is -1.81. The van der Waals surface area contributed by atoms with E-state index in [1.807, 2.05) is 37.7 Å². The molecule has 1 heterocycles. The third-order valence-electron chi connectivity index (χ3n) is 3.46. The summed E-state index contributed by atoms with van der Waals surface area (Å²) in [6.45, 7) is 7.87. The molecule has 21 heavy (non-hydrogen) atoms. The van der Waals surface area contributed by atoms with Crippen molar-refractivity contribution in [3.63, 3.8) is 0 Å². The van der Waals surface area contributed by atoms with E-state index in [-0.39, 0.29) is 6.04 Å². The van der Waals surface area contributed by atoms with Crippen LogP contribution in [0.25, 0.3) is 0 Å². The van der Waals surface area contributed by atoms with Crippen LogP contribution in [0.2, 0.25) is 0 Å². The van der Waals surface area contributed by atoms with Gasteiger partial charge in [-0.05, 0) is 50.6 Å². The molecule has 0 aliphatic carbocycles. The largest absolute Gasteiger partial charge is 0.494 e. The number of rotatable bonds is 7. The standard InChI is InChI=1S/C17H25N3O/c1-5-11-18-17(16-12-13(3)19-20(16)4)14-7-9-15(10-8-14)21-6-2/h7-10,12,17-18H,5-6,11H2,1-4H3. The fourth-order valence-corrected chi connectivity index (χ4v) is 2.51. The molecular formula is C17H25N3O. The van der Waals surface area contributed by atoms with Gasteiger partial charge >= 0.3 is 0 Å². The van der Waals surface area contributed by atoms with E-state index in [2.05, 4.69) is 35.5 Å². The lowest BCUT2D eigenvalue weighted by Crippen LogP contribution is -2.25. The van der Waals surface area contributed by atoms with Gasteiger partial charge in [0, 0.05) is 7.05 Å². The number of ether oxygens (including phenoxy) is 1. The molecule has 0 aliphatic heterocycles. The van der Waals surface area contributed by atoms with E-state index in [1.54, 1.807) is 0 Å². The molecule has 4 heteroatoms. The quantitative estimate of drug-likeness (QED) is 0.850. The van der Waals surface area contributed by atoms with Crippen molar-refractivity contribution >= 4 is 0 Å². The Balaban J connectivity index is 2.28. The predicted octanol–water partition coefficient (Wildman–Crippen LogP) is 3.22. The summed E-state index contributed by atoms with van der Waals surface area (Å²) in [5.74, 6) is 0.914. The minimum absolute atomic E-state index is 0.159. The van der Waals surface area contributed by atoms with E-state index in [9.17, 15) is 0 Å². The van der Waals surface area contributed by atoms with Crippen molar-refractivity contribution in [1.82, 2.24) is 15.1 Å². The second kappa shape index (κ2) is 7.27. The van der Waals surface area contributed by atoms with Gasteiger partial charge < -0.3 is 10.1 Å². The molecule has 1 aromatic carbocycles. The van der Waals surface area contributed by atoms with Crippen LogP contribution in [0, 0.1) is 6.92 Å². The molecule has 1 N–H and O–H groups in total. The van der Waals surface area contributed by atoms with Gasteiger partial charge in [-0.2, -0.15) is 5.10 Å². The minimum atomic E-state index is 0.159. The molecule has 0 amide bonds. The number of aromatic nitrogens is 2. The van der Waals surface area contributed by atoms with Crippen molar-refractivity contribution in [2.45, 2.75) is 33.2 Å². The van der Waals surface area contributed by atoms with Gasteiger partial charge in [0.05, 0.1) is 24.0 Å². The first-order chi connectivity index (χ1) is 10.2. The number of benzene rings is 1. The highest BCUT2D eigenvalue weighted by molar-refractivity contribution is 5.34. The molecule has 0 spiro atoms. The monoisotopic (exact) mass is 287 g/mol. The molecule has 0 saturated carbocycles. The predicted molar refractivity (Wildman–Crippen MR) is 85.7 cm³/mol. The Morgan fingerprint density at radius 3 is 2.48 bits per heavy atom. The summed E-state index contributed by atoms with van der Waals surface area (Å²) in [6.07, 6.45) is 1.10. The average Bonchev–Trinajstić information content (AvgIpc) is 2.80. The first kappa shape index (κ1) is 15.6. The zero-order valence-electron chi connectivity index (χ0n) is 13.4. The average molecular weight is 287 g/mol. The van der Waals surface area contributed by atoms with Crippen molar-refractivity contribution < 1.29 is 4.74 Å². The lowest BCUT2D eigenvalue weighted by atomic mass is 10.0. The Bertz CT molecular complexity index is 560. The lowest BCUT2D eigenvalue weighted by molar-refractivity contribution is 0.340. The molecular weight excluding hydrogens is 262 g/mol. The Morgan fingerprint density at radius 2 is 1.95 bits per heavy atom. The molecule has 1 aromatic heterocycles. The SMILES string of the molecule is CCCNC(c1ccc(OCC)cc1)c1cc(C)nn1C. The van der Waals surface area contributed by atoms with Crippen LogP contribution in [0.4, 0.5) is 0 Å². The highest BCUT2D eigenvalue weighted by Gasteiger charge is 2.17. The van der Waals surface area contributed by atoms with Gasteiger partial charge in [-0.25, -0.2) is 0 Å². The van der Waals surface area contributed by atoms with E-state index >= 15 is 0 Å². The van der Waals surface area contributed by atoms with E-state index in [0.29, 0.717) is 6.61 Å². The highest BCUT2D eigenvalue weighted by Crippen LogP contribution is 2.24. The topological polar surface area (TPSA) is 39.1 Å². The van der Waals surface area contributed by atoms with E-state index in [1.165, 1.54) is 11.3 Å². The zero-order valence-corrected chi connectivity index (χ0v) is 13.4. The molecule has 2 rings (SSSR count). The number of nitrogens with zero attached hydrogens (tertiary/aromatic N) is 2. The number of aryl methyl sites for hydroxylation is 2. The maximum absolute atomic E-state index is 5.52. The van der Waals surface area contributed by atoms with Gasteiger partial charge in [-0.1, -0.05) is 19.1 Å². The van der Waals surface area contributed by atoms with Crippen molar-refractivity contribution in [3.8, 4) is 5.75 Å². The molecule has 0 aliphatic rings. The summed E-state index contributed by atoms with van der Waals surface area (Å²) in [6, 6.07) is 10.6. The van der Waals surface area contributed by atoms with Crippen molar-refractivity contribution in [2.24, 2.45) is 7.05 Å². The maximum atomic E-state index is 5.52. The highest BCUT2D eigenvalue weighted by atomic mass is 16.5. The van der Waals surface area contributed by atoms with Gasteiger partial charge in [0.2, 0.25) is 0 Å². The Morgan fingerprint density at radius 1 is 1.24 bits per heavy atom. The van der Waals surface area contributed by atoms with Gasteiger partial charge in [-0.3, -0.25) is 4.68 Å². The Labute approximate surface area is 127 Å². The summed E-state index contributed by atoms with van der Waals surface area (Å²) in [5.41, 5.74) is 3.46. The van der Waals surface area contributed by atoms with Crippen LogP contribution in [-0.4, -0.2) is 22.9 Å². The van der Waals surface area contributed by atoms with Crippen molar-refractivity contribution in [1.29, 1.82) is 0 Å². The molecule has 0 saturated heterocycles. The molecule has 0 radical (unpaired) electrons. The normalized spacial score (nSPS) is 12.4. The van der Waals surface area contributed by atoms with Crippen LogP contribution in [0.15, 0.2) is 30.3 Å². The van der Waals surface area contributed by atoms with Crippen LogP contribution in [0.1, 0.15) is 43.3 Å². The van der Waals surface area contributed by atoms with Crippen molar-refractivity contribution in [3.05, 3.63) is 47.3 Å². The zero-order chi connectivity index (χ0) is 15.2. The smallest absolute Gasteiger partial charge is 0.119 e. The van der Waals surface area contributed by atoms with E-state index < -0.39 is 0 Å². The minimum Gasteiger partial charge on any atom is -0.494 e. The van der Waals surface area contributed by atoms with Crippen LogP contribution >= 0.6 is 0 Å². The number of hydrogen-bond acceptors (Lipinski definition) is 3. The van der Waals surface area contributed by atoms with Crippen LogP contribution in [0.5, 0.6) is 5.75 Å². The van der Waals surface area contributed by atoms with E-state index in [4.69, 9.17) is 4.74 Å². The molecule has 0 bridgehead atoms.